The molecule has 3 fully saturated rings. The molecule has 2 aromatic rings. The van der Waals surface area contributed by atoms with Crippen molar-refractivity contribution >= 4 is 24.0 Å². The van der Waals surface area contributed by atoms with Crippen LogP contribution in [0.5, 0.6) is 0 Å². The van der Waals surface area contributed by atoms with Crippen LogP contribution in [0.25, 0.3) is 5.69 Å². The third-order valence-electron chi connectivity index (χ3n) is 8.73. The van der Waals surface area contributed by atoms with E-state index in [0.29, 0.717) is 50.2 Å². The number of likely N-dealkylation sites (tertiary alicyclic amines) is 1. The molecule has 14 heteroatoms. The molecular weight excluding hydrogens is 628 g/mol. The van der Waals surface area contributed by atoms with E-state index < -0.39 is 28.5 Å². The van der Waals surface area contributed by atoms with Gasteiger partial charge in [-0.2, -0.15) is 4.98 Å². The van der Waals surface area contributed by atoms with E-state index in [0.717, 1.165) is 25.2 Å². The van der Waals surface area contributed by atoms with Crippen LogP contribution >= 0.6 is 0 Å². The van der Waals surface area contributed by atoms with Crippen molar-refractivity contribution in [1.82, 2.24) is 34.9 Å². The smallest absolute Gasteiger partial charge is 0.408 e. The Morgan fingerprint density at radius 2 is 1.41 bits per heavy atom. The lowest BCUT2D eigenvalue weighted by molar-refractivity contribution is 0.0433. The van der Waals surface area contributed by atoms with E-state index in [-0.39, 0.29) is 24.0 Å². The van der Waals surface area contributed by atoms with Crippen molar-refractivity contribution in [2.75, 3.05) is 51.1 Å². The molecule has 3 aliphatic rings. The normalized spacial score (nSPS) is 21.5. The highest BCUT2D eigenvalue weighted by atomic mass is 16.6. The highest BCUT2D eigenvalue weighted by Crippen LogP contribution is 2.46. The van der Waals surface area contributed by atoms with Gasteiger partial charge in [-0.25, -0.2) is 19.2 Å². The van der Waals surface area contributed by atoms with E-state index >= 15 is 0 Å². The van der Waals surface area contributed by atoms with Crippen molar-refractivity contribution in [3.05, 3.63) is 52.6 Å². The number of carbonyl (C=O) groups excluding carboxylic acids is 3. The molecule has 1 aromatic heterocycles. The summed E-state index contributed by atoms with van der Waals surface area (Å²) in [5.74, 6) is 1.10. The van der Waals surface area contributed by atoms with E-state index in [2.05, 4.69) is 30.7 Å². The standard InChI is InChI=1S/C35H52N8O6/c1-33(2,3)48-31(46)38-28-25-20-41(21-26(25)28)19-23-9-11-24(12-10-23)43-14-13-27(37-30(43)45)36-29(44)42-17-15-40(16-18-42)22-35(7,8)39-32(47)49-34(4,5)6/h9-14,25-26,28H,15-22H2,1-8H3,(H,38,46)(H,39,47)(H,36,37,44,45). The van der Waals surface area contributed by atoms with Crippen LogP contribution in [0.15, 0.2) is 41.3 Å². The Hall–Kier alpha value is -4.17. The number of carbonyl (C=O) groups is 3. The maximum Gasteiger partial charge on any atom is 0.408 e. The fraction of sp³-hybridized carbons (Fsp3) is 0.629. The summed E-state index contributed by atoms with van der Waals surface area (Å²) in [6.45, 7) is 20.5. The zero-order valence-electron chi connectivity index (χ0n) is 30.0. The number of nitrogens with zero attached hydrogens (tertiary/aromatic N) is 5. The van der Waals surface area contributed by atoms with Gasteiger partial charge in [0.25, 0.3) is 0 Å². The average Bonchev–Trinajstić information content (AvgIpc) is 3.38. The summed E-state index contributed by atoms with van der Waals surface area (Å²) in [7, 11) is 0. The molecule has 2 aliphatic heterocycles. The molecule has 2 unspecified atom stereocenters. The quantitative estimate of drug-likeness (QED) is 0.380. The van der Waals surface area contributed by atoms with Gasteiger partial charge in [-0.05, 0) is 91.0 Å². The molecule has 4 amide bonds. The number of hydrogen-bond donors (Lipinski definition) is 3. The second-order valence-corrected chi connectivity index (χ2v) is 16.0. The van der Waals surface area contributed by atoms with Crippen LogP contribution in [-0.2, 0) is 16.0 Å². The summed E-state index contributed by atoms with van der Waals surface area (Å²) in [6.07, 6.45) is 0.807. The van der Waals surface area contributed by atoms with E-state index in [9.17, 15) is 19.2 Å². The zero-order chi connectivity index (χ0) is 35.7. The molecule has 0 bridgehead atoms. The summed E-state index contributed by atoms with van der Waals surface area (Å²) >= 11 is 0. The first-order valence-corrected chi connectivity index (χ1v) is 17.0. The lowest BCUT2D eigenvalue weighted by atomic mass is 10.0. The first-order chi connectivity index (χ1) is 22.8. The second-order valence-electron chi connectivity index (χ2n) is 16.0. The fourth-order valence-electron chi connectivity index (χ4n) is 6.57. The molecule has 14 nitrogen and oxygen atoms in total. The van der Waals surface area contributed by atoms with Gasteiger partial charge in [0, 0.05) is 64.6 Å². The summed E-state index contributed by atoms with van der Waals surface area (Å²) in [5.41, 5.74) is -0.258. The third-order valence-corrected chi connectivity index (χ3v) is 8.73. The number of ether oxygens (including phenoxy) is 2. The molecule has 49 heavy (non-hydrogen) atoms. The van der Waals surface area contributed by atoms with Gasteiger partial charge >= 0.3 is 23.9 Å². The van der Waals surface area contributed by atoms with Gasteiger partial charge in [0.05, 0.1) is 11.2 Å². The number of hydrogen-bond acceptors (Lipinski definition) is 9. The first-order valence-electron chi connectivity index (χ1n) is 17.0. The van der Waals surface area contributed by atoms with Crippen molar-refractivity contribution in [1.29, 1.82) is 0 Å². The van der Waals surface area contributed by atoms with Crippen molar-refractivity contribution < 1.29 is 23.9 Å². The lowest BCUT2D eigenvalue weighted by Gasteiger charge is -2.39. The number of piperidine rings is 1. The molecule has 5 rings (SSSR count). The molecular formula is C35H52N8O6. The minimum atomic E-state index is -0.572. The second kappa shape index (κ2) is 14.0. The average molecular weight is 681 g/mol. The Balaban J connectivity index is 1.05. The molecule has 1 saturated carbocycles. The maximum atomic E-state index is 13.0. The predicted octanol–water partition coefficient (Wildman–Crippen LogP) is 3.64. The topological polar surface area (TPSA) is 150 Å². The molecule has 3 N–H and O–H groups in total. The molecule has 0 spiro atoms. The molecule has 2 atom stereocenters. The fourth-order valence-corrected chi connectivity index (χ4v) is 6.57. The number of anilines is 1. The van der Waals surface area contributed by atoms with Crippen LogP contribution in [0.3, 0.4) is 0 Å². The van der Waals surface area contributed by atoms with E-state index in [1.807, 2.05) is 79.7 Å². The number of rotatable bonds is 8. The monoisotopic (exact) mass is 680 g/mol. The number of urea groups is 1. The van der Waals surface area contributed by atoms with Gasteiger partial charge in [-0.3, -0.25) is 19.7 Å². The van der Waals surface area contributed by atoms with E-state index in [1.54, 1.807) is 17.2 Å². The predicted molar refractivity (Wildman–Crippen MR) is 186 cm³/mol. The van der Waals surface area contributed by atoms with Gasteiger partial charge in [-0.15, -0.1) is 0 Å². The van der Waals surface area contributed by atoms with Gasteiger partial charge in [0.1, 0.15) is 17.0 Å². The van der Waals surface area contributed by atoms with Gasteiger partial charge in [-0.1, -0.05) is 12.1 Å². The van der Waals surface area contributed by atoms with Crippen LogP contribution < -0.4 is 21.6 Å². The zero-order valence-corrected chi connectivity index (χ0v) is 30.0. The highest BCUT2D eigenvalue weighted by Gasteiger charge is 2.56. The Kier molecular flexibility index (Phi) is 10.3. The Bertz CT molecular complexity index is 1560. The van der Waals surface area contributed by atoms with Gasteiger partial charge in [0.2, 0.25) is 0 Å². The summed E-state index contributed by atoms with van der Waals surface area (Å²) in [6, 6.07) is 9.29. The van der Waals surface area contributed by atoms with Crippen molar-refractivity contribution in [3.8, 4) is 5.69 Å². The lowest BCUT2D eigenvalue weighted by Crippen LogP contribution is -2.57. The van der Waals surface area contributed by atoms with Crippen LogP contribution in [-0.4, -0.2) is 111 Å². The summed E-state index contributed by atoms with van der Waals surface area (Å²) in [5, 5.41) is 8.69. The molecule has 1 aromatic carbocycles. The van der Waals surface area contributed by atoms with E-state index in [1.165, 1.54) is 4.57 Å². The Morgan fingerprint density at radius 3 is 1.98 bits per heavy atom. The number of benzene rings is 1. The number of alkyl carbamates (subject to hydrolysis) is 2. The Labute approximate surface area is 288 Å². The van der Waals surface area contributed by atoms with Crippen molar-refractivity contribution in [2.24, 2.45) is 11.8 Å². The third kappa shape index (κ3) is 10.2. The number of piperazine rings is 1. The van der Waals surface area contributed by atoms with Crippen molar-refractivity contribution in [2.45, 2.75) is 84.7 Å². The molecule has 1 aliphatic carbocycles. The molecule has 2 saturated heterocycles. The highest BCUT2D eigenvalue weighted by molar-refractivity contribution is 5.88. The van der Waals surface area contributed by atoms with E-state index in [4.69, 9.17) is 9.47 Å². The van der Waals surface area contributed by atoms with Crippen LogP contribution in [0, 0.1) is 11.8 Å². The minimum Gasteiger partial charge on any atom is -0.444 e. The van der Waals surface area contributed by atoms with Crippen LogP contribution in [0.4, 0.5) is 20.2 Å². The summed E-state index contributed by atoms with van der Waals surface area (Å²) in [4.78, 5) is 60.6. The van der Waals surface area contributed by atoms with Gasteiger partial charge in [0.15, 0.2) is 0 Å². The summed E-state index contributed by atoms with van der Waals surface area (Å²) < 4.78 is 12.2. The SMILES string of the molecule is CC(C)(CN1CCN(C(=O)Nc2ccn(-c3ccc(CN4CC5C(C4)C5NC(=O)OC(C)(C)C)cc3)c(=O)n2)CC1)NC(=O)OC(C)(C)C. The minimum absolute atomic E-state index is 0.185. The molecule has 0 radical (unpaired) electrons. The maximum absolute atomic E-state index is 13.0. The molecule has 3 heterocycles. The number of amides is 4. The first kappa shape index (κ1) is 36.1. The van der Waals surface area contributed by atoms with Crippen LogP contribution in [0.1, 0.15) is 61.0 Å². The van der Waals surface area contributed by atoms with Gasteiger partial charge < -0.3 is 25.0 Å². The van der Waals surface area contributed by atoms with Crippen molar-refractivity contribution in [3.63, 3.8) is 0 Å². The number of fused-ring (bicyclic) bond motifs is 1. The molecule has 268 valence electrons. The largest absolute Gasteiger partial charge is 0.444 e. The number of nitrogens with one attached hydrogen (secondary N) is 3. The Morgan fingerprint density at radius 1 is 0.816 bits per heavy atom. The van der Waals surface area contributed by atoms with Crippen LogP contribution in [0.2, 0.25) is 0 Å². The number of aromatic nitrogens is 2.